The predicted molar refractivity (Wildman–Crippen MR) is 92.9 cm³/mol. The molecule has 1 heteroatoms. The minimum atomic E-state index is -0.284. The number of nitrogens with two attached hydrogens (primary N) is 1. The molecule has 0 unspecified atom stereocenters. The number of rotatable bonds is 4. The number of hydrogen-bond donors (Lipinski definition) is 1. The van der Waals surface area contributed by atoms with Crippen molar-refractivity contribution in [3.63, 3.8) is 0 Å². The van der Waals surface area contributed by atoms with Crippen LogP contribution in [0.4, 0.5) is 0 Å². The van der Waals surface area contributed by atoms with Gasteiger partial charge in [0.05, 0.1) is 0 Å². The van der Waals surface area contributed by atoms with Crippen LogP contribution in [0.15, 0.2) is 60.7 Å². The molecule has 0 fully saturated rings. The van der Waals surface area contributed by atoms with Crippen molar-refractivity contribution < 1.29 is 0 Å². The van der Waals surface area contributed by atoms with E-state index in [4.69, 9.17) is 5.73 Å². The van der Waals surface area contributed by atoms with E-state index < -0.39 is 0 Å². The summed E-state index contributed by atoms with van der Waals surface area (Å²) in [7, 11) is 0. The molecule has 108 valence electrons. The van der Waals surface area contributed by atoms with Gasteiger partial charge >= 0.3 is 0 Å². The van der Waals surface area contributed by atoms with Crippen LogP contribution in [0.5, 0.6) is 0 Å². The number of aryl methyl sites for hydroxylation is 1. The Hall–Kier alpha value is -2.12. The Kier molecular flexibility index (Phi) is 4.77. The zero-order valence-corrected chi connectivity index (χ0v) is 13.0. The molecular weight excluding hydrogens is 254 g/mol. The maximum Gasteiger partial charge on any atom is 0.0352 e. The summed E-state index contributed by atoms with van der Waals surface area (Å²) in [5.41, 5.74) is 10.6. The van der Waals surface area contributed by atoms with Gasteiger partial charge in [0.25, 0.3) is 0 Å². The second kappa shape index (κ2) is 6.55. The topological polar surface area (TPSA) is 26.0 Å². The van der Waals surface area contributed by atoms with Crippen LogP contribution < -0.4 is 5.73 Å². The van der Waals surface area contributed by atoms with Gasteiger partial charge in [0.1, 0.15) is 0 Å². The highest BCUT2D eigenvalue weighted by molar-refractivity contribution is 5.57. The quantitative estimate of drug-likeness (QED) is 0.789. The van der Waals surface area contributed by atoms with Gasteiger partial charge in [0, 0.05) is 5.54 Å². The normalized spacial score (nSPS) is 12.4. The average Bonchev–Trinajstić information content (AvgIpc) is 2.43. The van der Waals surface area contributed by atoms with Gasteiger partial charge in [-0.3, -0.25) is 0 Å². The molecule has 2 N–H and O–H groups in total. The Morgan fingerprint density at radius 2 is 1.48 bits per heavy atom. The van der Waals surface area contributed by atoms with E-state index in [1.807, 2.05) is 13.8 Å². The summed E-state index contributed by atoms with van der Waals surface area (Å²) in [4.78, 5) is 0. The van der Waals surface area contributed by atoms with Crippen molar-refractivity contribution in [2.45, 2.75) is 26.3 Å². The zero-order chi connectivity index (χ0) is 15.3. The lowest BCUT2D eigenvalue weighted by molar-refractivity contribution is 0.554. The molecule has 0 aliphatic rings. The SMILES string of the molecule is Cc1cccc(/C=C/C=C/c2ccc(C(C)(C)N)cc2)c1. The van der Waals surface area contributed by atoms with Crippen molar-refractivity contribution in [2.75, 3.05) is 0 Å². The number of allylic oxidation sites excluding steroid dienone is 2. The Morgan fingerprint density at radius 3 is 2.05 bits per heavy atom. The number of benzene rings is 2. The Balaban J connectivity index is 2.01. The fourth-order valence-electron chi connectivity index (χ4n) is 2.13. The summed E-state index contributed by atoms with van der Waals surface area (Å²) in [6.45, 7) is 6.14. The summed E-state index contributed by atoms with van der Waals surface area (Å²) in [5, 5.41) is 0. The third-order valence-electron chi connectivity index (χ3n) is 3.39. The molecule has 0 atom stereocenters. The third-order valence-corrected chi connectivity index (χ3v) is 3.39. The van der Waals surface area contributed by atoms with E-state index in [0.29, 0.717) is 0 Å². The van der Waals surface area contributed by atoms with Crippen molar-refractivity contribution >= 4 is 12.2 Å². The molecule has 21 heavy (non-hydrogen) atoms. The molecule has 2 aromatic carbocycles. The lowest BCUT2D eigenvalue weighted by atomic mass is 9.95. The fourth-order valence-corrected chi connectivity index (χ4v) is 2.13. The minimum absolute atomic E-state index is 0.284. The van der Waals surface area contributed by atoms with Crippen molar-refractivity contribution in [1.29, 1.82) is 0 Å². The van der Waals surface area contributed by atoms with Crippen LogP contribution >= 0.6 is 0 Å². The van der Waals surface area contributed by atoms with E-state index in [2.05, 4.69) is 79.8 Å². The lowest BCUT2D eigenvalue weighted by Crippen LogP contribution is -2.28. The van der Waals surface area contributed by atoms with E-state index in [1.54, 1.807) is 0 Å². The van der Waals surface area contributed by atoms with Gasteiger partial charge in [-0.15, -0.1) is 0 Å². The second-order valence-corrected chi connectivity index (χ2v) is 5.98. The molecule has 0 saturated carbocycles. The van der Waals surface area contributed by atoms with Gasteiger partial charge in [-0.25, -0.2) is 0 Å². The van der Waals surface area contributed by atoms with Gasteiger partial charge in [0.2, 0.25) is 0 Å². The molecule has 0 aliphatic heterocycles. The Bertz CT molecular complexity index is 640. The van der Waals surface area contributed by atoms with Crippen molar-refractivity contribution in [3.8, 4) is 0 Å². The molecule has 0 aromatic heterocycles. The standard InChI is InChI=1S/C20H23N/c1-16-7-6-10-18(15-16)9-5-4-8-17-11-13-19(14-12-17)20(2,3)21/h4-15H,21H2,1-3H3/b8-4+,9-5+. The summed E-state index contributed by atoms with van der Waals surface area (Å²) in [6, 6.07) is 16.8. The van der Waals surface area contributed by atoms with Crippen LogP contribution in [0, 0.1) is 6.92 Å². The average molecular weight is 277 g/mol. The molecule has 0 saturated heterocycles. The monoisotopic (exact) mass is 277 g/mol. The molecule has 2 rings (SSSR count). The molecule has 0 amide bonds. The maximum absolute atomic E-state index is 6.08. The van der Waals surface area contributed by atoms with Gasteiger partial charge in [-0.05, 0) is 37.5 Å². The van der Waals surface area contributed by atoms with Crippen molar-refractivity contribution in [2.24, 2.45) is 5.73 Å². The summed E-state index contributed by atoms with van der Waals surface area (Å²) >= 11 is 0. The maximum atomic E-state index is 6.08. The molecule has 0 radical (unpaired) electrons. The van der Waals surface area contributed by atoms with Crippen molar-refractivity contribution in [1.82, 2.24) is 0 Å². The van der Waals surface area contributed by atoms with Crippen molar-refractivity contribution in [3.05, 3.63) is 82.9 Å². The van der Waals surface area contributed by atoms with Crippen LogP contribution in [0.1, 0.15) is 36.1 Å². The van der Waals surface area contributed by atoms with E-state index in [9.17, 15) is 0 Å². The van der Waals surface area contributed by atoms with Gasteiger partial charge in [0.15, 0.2) is 0 Å². The first-order chi connectivity index (χ1) is 9.95. The Morgan fingerprint density at radius 1 is 0.857 bits per heavy atom. The largest absolute Gasteiger partial charge is 0.322 e. The van der Waals surface area contributed by atoms with Crippen LogP contribution in [-0.4, -0.2) is 0 Å². The van der Waals surface area contributed by atoms with Gasteiger partial charge < -0.3 is 5.73 Å². The molecule has 2 aromatic rings. The number of hydrogen-bond acceptors (Lipinski definition) is 1. The minimum Gasteiger partial charge on any atom is -0.322 e. The van der Waals surface area contributed by atoms with E-state index >= 15 is 0 Å². The molecule has 0 aliphatic carbocycles. The third kappa shape index (κ3) is 4.73. The molecule has 0 bridgehead atoms. The Labute approximate surface area is 127 Å². The first-order valence-corrected chi connectivity index (χ1v) is 7.26. The van der Waals surface area contributed by atoms with E-state index in [1.165, 1.54) is 16.7 Å². The van der Waals surface area contributed by atoms with Gasteiger partial charge in [-0.2, -0.15) is 0 Å². The van der Waals surface area contributed by atoms with Crippen LogP contribution in [0.25, 0.3) is 12.2 Å². The second-order valence-electron chi connectivity index (χ2n) is 5.98. The zero-order valence-electron chi connectivity index (χ0n) is 13.0. The first-order valence-electron chi connectivity index (χ1n) is 7.26. The highest BCUT2D eigenvalue weighted by Crippen LogP contribution is 2.17. The summed E-state index contributed by atoms with van der Waals surface area (Å²) < 4.78 is 0. The fraction of sp³-hybridized carbons (Fsp3) is 0.200. The van der Waals surface area contributed by atoms with Crippen LogP contribution in [0.3, 0.4) is 0 Å². The molecule has 1 nitrogen and oxygen atoms in total. The summed E-state index contributed by atoms with van der Waals surface area (Å²) in [6.07, 6.45) is 8.33. The highest BCUT2D eigenvalue weighted by atomic mass is 14.7. The highest BCUT2D eigenvalue weighted by Gasteiger charge is 2.12. The molecule has 0 spiro atoms. The molecular formula is C20H23N. The van der Waals surface area contributed by atoms with E-state index in [-0.39, 0.29) is 5.54 Å². The van der Waals surface area contributed by atoms with E-state index in [0.717, 1.165) is 5.56 Å². The predicted octanol–water partition coefficient (Wildman–Crippen LogP) is 4.92. The smallest absolute Gasteiger partial charge is 0.0352 e. The lowest BCUT2D eigenvalue weighted by Gasteiger charge is -2.18. The van der Waals surface area contributed by atoms with Crippen LogP contribution in [-0.2, 0) is 5.54 Å². The van der Waals surface area contributed by atoms with Crippen LogP contribution in [0.2, 0.25) is 0 Å². The van der Waals surface area contributed by atoms with Gasteiger partial charge in [-0.1, -0.05) is 78.4 Å². The first kappa shape index (κ1) is 15.3. The summed E-state index contributed by atoms with van der Waals surface area (Å²) in [5.74, 6) is 0. The molecule has 0 heterocycles.